The second kappa shape index (κ2) is 6.53. The highest BCUT2D eigenvalue weighted by Gasteiger charge is 2.13. The van der Waals surface area contributed by atoms with E-state index in [0.29, 0.717) is 10.0 Å². The number of nitro groups is 1. The quantitative estimate of drug-likeness (QED) is 0.598. The fraction of sp³-hybridized carbons (Fsp3) is 0.143. The third-order valence-corrected chi connectivity index (χ3v) is 3.43. The summed E-state index contributed by atoms with van der Waals surface area (Å²) in [6, 6.07) is 8.84. The minimum absolute atomic E-state index is 0.0667. The van der Waals surface area contributed by atoms with Crippen molar-refractivity contribution in [2.75, 3.05) is 7.11 Å². The third kappa shape index (κ3) is 3.49. The number of methoxy groups -OCH3 is 1. The lowest BCUT2D eigenvalue weighted by Crippen LogP contribution is -2.01. The van der Waals surface area contributed by atoms with Crippen molar-refractivity contribution in [3.63, 3.8) is 0 Å². The zero-order valence-electron chi connectivity index (χ0n) is 11.0. The predicted molar refractivity (Wildman–Crippen MR) is 78.1 cm³/mol. The van der Waals surface area contributed by atoms with E-state index < -0.39 is 10.7 Å². The minimum Gasteiger partial charge on any atom is -0.494 e. The molecule has 0 amide bonds. The average molecular weight is 356 g/mol. The molecule has 0 saturated heterocycles. The van der Waals surface area contributed by atoms with Gasteiger partial charge in [0.1, 0.15) is 12.4 Å². The second-order valence-electron chi connectivity index (χ2n) is 4.09. The van der Waals surface area contributed by atoms with Gasteiger partial charge >= 0.3 is 0 Å². The van der Waals surface area contributed by atoms with Crippen LogP contribution in [0.5, 0.6) is 11.5 Å². The van der Waals surface area contributed by atoms with Crippen LogP contribution in [-0.2, 0) is 6.61 Å². The molecule has 0 aliphatic rings. The molecular formula is C14H11BrFNO4. The molecule has 2 aromatic rings. The summed E-state index contributed by atoms with van der Waals surface area (Å²) in [6.07, 6.45) is 0. The first-order valence-electron chi connectivity index (χ1n) is 5.91. The van der Waals surface area contributed by atoms with E-state index in [1.807, 2.05) is 0 Å². The molecule has 2 rings (SSSR count). The molecule has 0 N–H and O–H groups in total. The van der Waals surface area contributed by atoms with E-state index in [9.17, 15) is 14.5 Å². The Bertz CT molecular complexity index is 678. The molecule has 5 nitrogen and oxygen atoms in total. The molecule has 0 unspecified atom stereocenters. The van der Waals surface area contributed by atoms with Crippen LogP contribution in [0.4, 0.5) is 10.1 Å². The molecule has 21 heavy (non-hydrogen) atoms. The fourth-order valence-corrected chi connectivity index (χ4v) is 2.06. The van der Waals surface area contributed by atoms with Gasteiger partial charge in [-0.05, 0) is 28.1 Å². The fourth-order valence-electron chi connectivity index (χ4n) is 1.70. The SMILES string of the molecule is COc1cccc(COc2cc([N+](=O)[O-])ccc2Br)c1F. The van der Waals surface area contributed by atoms with Gasteiger partial charge in [0.15, 0.2) is 11.6 Å². The number of non-ortho nitro benzene ring substituents is 1. The van der Waals surface area contributed by atoms with Gasteiger partial charge < -0.3 is 9.47 Å². The summed E-state index contributed by atoms with van der Waals surface area (Å²) in [4.78, 5) is 10.2. The summed E-state index contributed by atoms with van der Waals surface area (Å²) in [6.45, 7) is -0.0667. The highest BCUT2D eigenvalue weighted by Crippen LogP contribution is 2.30. The number of hydrogen-bond acceptors (Lipinski definition) is 4. The first-order chi connectivity index (χ1) is 10.0. The topological polar surface area (TPSA) is 61.6 Å². The molecule has 0 aromatic heterocycles. The molecule has 0 aliphatic heterocycles. The summed E-state index contributed by atoms with van der Waals surface area (Å²) in [7, 11) is 1.38. The van der Waals surface area contributed by atoms with Crippen molar-refractivity contribution in [1.82, 2.24) is 0 Å². The Kier molecular flexibility index (Phi) is 4.74. The van der Waals surface area contributed by atoms with E-state index in [4.69, 9.17) is 9.47 Å². The molecular weight excluding hydrogens is 345 g/mol. The third-order valence-electron chi connectivity index (χ3n) is 2.77. The molecule has 110 valence electrons. The van der Waals surface area contributed by atoms with Crippen LogP contribution < -0.4 is 9.47 Å². The van der Waals surface area contributed by atoms with E-state index in [-0.39, 0.29) is 23.8 Å². The van der Waals surface area contributed by atoms with Crippen LogP contribution in [0, 0.1) is 15.9 Å². The van der Waals surface area contributed by atoms with Gasteiger partial charge in [0.2, 0.25) is 0 Å². The second-order valence-corrected chi connectivity index (χ2v) is 4.95. The van der Waals surface area contributed by atoms with Crippen molar-refractivity contribution < 1.29 is 18.8 Å². The standard InChI is InChI=1S/C14H11BrFNO4/c1-20-12-4-2-3-9(14(12)16)8-21-13-7-10(17(18)19)5-6-11(13)15/h2-7H,8H2,1H3. The maximum Gasteiger partial charge on any atom is 0.273 e. The van der Waals surface area contributed by atoms with Crippen molar-refractivity contribution >= 4 is 21.6 Å². The Hall–Kier alpha value is -2.15. The summed E-state index contributed by atoms with van der Waals surface area (Å²) in [5, 5.41) is 10.7. The van der Waals surface area contributed by atoms with Crippen molar-refractivity contribution in [3.8, 4) is 11.5 Å². The van der Waals surface area contributed by atoms with Crippen LogP contribution in [-0.4, -0.2) is 12.0 Å². The van der Waals surface area contributed by atoms with Crippen molar-refractivity contribution in [3.05, 3.63) is 62.4 Å². The molecule has 0 atom stereocenters. The highest BCUT2D eigenvalue weighted by atomic mass is 79.9. The van der Waals surface area contributed by atoms with E-state index in [0.717, 1.165) is 0 Å². The largest absolute Gasteiger partial charge is 0.494 e. The number of ether oxygens (including phenoxy) is 2. The maximum absolute atomic E-state index is 14.0. The van der Waals surface area contributed by atoms with Crippen LogP contribution >= 0.6 is 15.9 Å². The van der Waals surface area contributed by atoms with Crippen molar-refractivity contribution in [2.45, 2.75) is 6.61 Å². The van der Waals surface area contributed by atoms with E-state index in [1.165, 1.54) is 31.4 Å². The molecule has 0 saturated carbocycles. The molecule has 0 fully saturated rings. The molecule has 0 radical (unpaired) electrons. The lowest BCUT2D eigenvalue weighted by atomic mass is 10.2. The molecule has 2 aromatic carbocycles. The maximum atomic E-state index is 14.0. The van der Waals surface area contributed by atoms with Crippen molar-refractivity contribution in [1.29, 1.82) is 0 Å². The number of nitro benzene ring substituents is 1. The molecule has 7 heteroatoms. The van der Waals surface area contributed by atoms with E-state index in [2.05, 4.69) is 15.9 Å². The molecule has 0 bridgehead atoms. The Morgan fingerprint density at radius 2 is 2.05 bits per heavy atom. The van der Waals surface area contributed by atoms with E-state index in [1.54, 1.807) is 12.1 Å². The average Bonchev–Trinajstić information content (AvgIpc) is 2.47. The van der Waals surface area contributed by atoms with Gasteiger partial charge in [0, 0.05) is 11.6 Å². The monoisotopic (exact) mass is 355 g/mol. The first-order valence-corrected chi connectivity index (χ1v) is 6.70. The lowest BCUT2D eigenvalue weighted by Gasteiger charge is -2.10. The smallest absolute Gasteiger partial charge is 0.273 e. The number of halogens is 2. The van der Waals surface area contributed by atoms with Gasteiger partial charge in [-0.1, -0.05) is 12.1 Å². The van der Waals surface area contributed by atoms with E-state index >= 15 is 0 Å². The molecule has 0 spiro atoms. The van der Waals surface area contributed by atoms with Gasteiger partial charge in [-0.15, -0.1) is 0 Å². The van der Waals surface area contributed by atoms with Gasteiger partial charge in [-0.3, -0.25) is 10.1 Å². The van der Waals surface area contributed by atoms with Crippen LogP contribution in [0.2, 0.25) is 0 Å². The Morgan fingerprint density at radius 1 is 1.29 bits per heavy atom. The number of hydrogen-bond donors (Lipinski definition) is 0. The first kappa shape index (κ1) is 15.2. The van der Waals surface area contributed by atoms with Crippen molar-refractivity contribution in [2.24, 2.45) is 0 Å². The number of nitrogens with zero attached hydrogens (tertiary/aromatic N) is 1. The predicted octanol–water partition coefficient (Wildman–Crippen LogP) is 4.08. The summed E-state index contributed by atoms with van der Waals surface area (Å²) in [5.41, 5.74) is 0.201. The zero-order valence-corrected chi connectivity index (χ0v) is 12.6. The van der Waals surface area contributed by atoms with Crippen LogP contribution in [0.25, 0.3) is 0 Å². The number of rotatable bonds is 5. The Labute approximate surface area is 128 Å². The van der Waals surface area contributed by atoms with Gasteiger partial charge in [0.05, 0.1) is 22.6 Å². The normalized spacial score (nSPS) is 10.2. The number of benzene rings is 2. The Morgan fingerprint density at radius 3 is 2.71 bits per heavy atom. The Balaban J connectivity index is 2.20. The zero-order chi connectivity index (χ0) is 15.4. The summed E-state index contributed by atoms with van der Waals surface area (Å²) >= 11 is 3.23. The minimum atomic E-state index is -0.522. The lowest BCUT2D eigenvalue weighted by molar-refractivity contribution is -0.385. The summed E-state index contributed by atoms with van der Waals surface area (Å²) in [5.74, 6) is -0.123. The van der Waals surface area contributed by atoms with Crippen LogP contribution in [0.1, 0.15) is 5.56 Å². The summed E-state index contributed by atoms with van der Waals surface area (Å²) < 4.78 is 24.8. The van der Waals surface area contributed by atoms with Crippen LogP contribution in [0.3, 0.4) is 0 Å². The molecule has 0 heterocycles. The molecule has 0 aliphatic carbocycles. The van der Waals surface area contributed by atoms with Gasteiger partial charge in [0.25, 0.3) is 5.69 Å². The van der Waals surface area contributed by atoms with Gasteiger partial charge in [-0.2, -0.15) is 0 Å². The highest BCUT2D eigenvalue weighted by molar-refractivity contribution is 9.10. The van der Waals surface area contributed by atoms with Crippen LogP contribution in [0.15, 0.2) is 40.9 Å². The van der Waals surface area contributed by atoms with Gasteiger partial charge in [-0.25, -0.2) is 4.39 Å².